The molecule has 0 aliphatic carbocycles. The maximum atomic E-state index is 11.5. The maximum Gasteiger partial charge on any atom is 0.239 e. The van der Waals surface area contributed by atoms with Crippen molar-refractivity contribution in [3.63, 3.8) is 0 Å². The van der Waals surface area contributed by atoms with E-state index in [1.54, 1.807) is 6.20 Å². The van der Waals surface area contributed by atoms with Crippen molar-refractivity contribution in [1.82, 2.24) is 15.0 Å². The van der Waals surface area contributed by atoms with Crippen LogP contribution in [-0.4, -0.2) is 34.0 Å². The largest absolute Gasteiger partial charge is 0.480 e. The second kappa shape index (κ2) is 8.18. The van der Waals surface area contributed by atoms with Crippen molar-refractivity contribution in [3.05, 3.63) is 42.1 Å². The van der Waals surface area contributed by atoms with Crippen molar-refractivity contribution < 1.29 is 9.53 Å². The molecule has 28 heavy (non-hydrogen) atoms. The number of nitriles is 1. The number of carbonyl (C=O) groups is 1. The number of aromatic nitrogens is 3. The molecule has 0 radical (unpaired) electrons. The van der Waals surface area contributed by atoms with Crippen molar-refractivity contribution in [2.75, 3.05) is 17.7 Å². The molecule has 1 atom stereocenters. The lowest BCUT2D eigenvalue weighted by Gasteiger charge is -2.16. The average Bonchev–Trinajstić information content (AvgIpc) is 2.71. The van der Waals surface area contributed by atoms with E-state index in [2.05, 4.69) is 25.6 Å². The molecule has 1 amide bonds. The molecule has 2 heterocycles. The van der Waals surface area contributed by atoms with Crippen LogP contribution in [0.3, 0.4) is 0 Å². The predicted molar refractivity (Wildman–Crippen MR) is 105 cm³/mol. The number of primary amides is 1. The number of nitrogens with zero attached hydrogens (tertiary/aromatic N) is 4. The molecular weight excluding hydrogens is 358 g/mol. The fourth-order valence-electron chi connectivity index (χ4n) is 2.66. The molecule has 0 saturated heterocycles. The number of hydrogen-bond donors (Lipinski definition) is 3. The Balaban J connectivity index is 2.00. The Morgan fingerprint density at radius 2 is 2.18 bits per heavy atom. The molecule has 0 fully saturated rings. The molecule has 2 aromatic heterocycles. The van der Waals surface area contributed by atoms with Crippen LogP contribution in [0.25, 0.3) is 10.9 Å². The highest BCUT2D eigenvalue weighted by atomic mass is 16.5. The Morgan fingerprint density at radius 1 is 1.36 bits per heavy atom. The second-order valence-corrected chi connectivity index (χ2v) is 5.94. The molecule has 0 saturated carbocycles. The lowest BCUT2D eigenvalue weighted by molar-refractivity contribution is -0.118. The van der Waals surface area contributed by atoms with Crippen molar-refractivity contribution in [2.24, 2.45) is 5.73 Å². The summed E-state index contributed by atoms with van der Waals surface area (Å²) in [5, 5.41) is 16.5. The molecule has 0 bridgehead atoms. The summed E-state index contributed by atoms with van der Waals surface area (Å²) in [6.07, 6.45) is 2.18. The predicted octanol–water partition coefficient (Wildman–Crippen LogP) is 2.32. The van der Waals surface area contributed by atoms with Crippen molar-refractivity contribution in [2.45, 2.75) is 19.4 Å². The van der Waals surface area contributed by atoms with Gasteiger partial charge in [-0.3, -0.25) is 9.78 Å². The Bertz CT molecular complexity index is 1060. The van der Waals surface area contributed by atoms with Gasteiger partial charge in [0.15, 0.2) is 11.4 Å². The number of pyridine rings is 1. The summed E-state index contributed by atoms with van der Waals surface area (Å²) in [5.41, 5.74) is 7.08. The maximum absolute atomic E-state index is 11.5. The van der Waals surface area contributed by atoms with Gasteiger partial charge in [-0.1, -0.05) is 13.0 Å². The summed E-state index contributed by atoms with van der Waals surface area (Å²) in [4.78, 5) is 24.3. The van der Waals surface area contributed by atoms with E-state index >= 15 is 0 Å². The van der Waals surface area contributed by atoms with E-state index < -0.39 is 11.9 Å². The second-order valence-electron chi connectivity index (χ2n) is 5.94. The Hall–Kier alpha value is -3.93. The zero-order chi connectivity index (χ0) is 20.1. The van der Waals surface area contributed by atoms with Crippen molar-refractivity contribution >= 4 is 34.3 Å². The number of rotatable bonds is 7. The zero-order valence-corrected chi connectivity index (χ0v) is 15.4. The number of hydrogen-bond acceptors (Lipinski definition) is 8. The van der Waals surface area contributed by atoms with Crippen LogP contribution >= 0.6 is 0 Å². The highest BCUT2D eigenvalue weighted by Gasteiger charge is 2.19. The summed E-state index contributed by atoms with van der Waals surface area (Å²) in [6, 6.07) is 10.8. The van der Waals surface area contributed by atoms with Gasteiger partial charge in [0.1, 0.15) is 12.1 Å². The van der Waals surface area contributed by atoms with Gasteiger partial charge in [-0.05, 0) is 30.7 Å². The fourth-order valence-corrected chi connectivity index (χ4v) is 2.66. The number of fused-ring (bicyclic) bond motifs is 1. The topological polar surface area (TPSA) is 139 Å². The third kappa shape index (κ3) is 3.91. The smallest absolute Gasteiger partial charge is 0.239 e. The molecule has 9 heteroatoms. The monoisotopic (exact) mass is 377 g/mol. The van der Waals surface area contributed by atoms with Gasteiger partial charge in [0.25, 0.3) is 0 Å². The van der Waals surface area contributed by atoms with E-state index in [1.807, 2.05) is 43.3 Å². The number of amides is 1. The zero-order valence-electron chi connectivity index (χ0n) is 15.4. The number of ether oxygens (including phenoxy) is 1. The minimum atomic E-state index is -0.641. The van der Waals surface area contributed by atoms with Gasteiger partial charge in [0, 0.05) is 17.3 Å². The van der Waals surface area contributed by atoms with Crippen LogP contribution in [0.4, 0.5) is 17.5 Å². The van der Waals surface area contributed by atoms with Crippen LogP contribution in [0.5, 0.6) is 5.88 Å². The quantitative estimate of drug-likeness (QED) is 0.570. The molecule has 3 rings (SSSR count). The summed E-state index contributed by atoms with van der Waals surface area (Å²) in [7, 11) is 1.41. The summed E-state index contributed by atoms with van der Waals surface area (Å²) >= 11 is 0. The van der Waals surface area contributed by atoms with Gasteiger partial charge in [-0.2, -0.15) is 15.2 Å². The van der Waals surface area contributed by atoms with E-state index in [0.29, 0.717) is 12.1 Å². The number of benzene rings is 1. The lowest BCUT2D eigenvalue weighted by Crippen LogP contribution is -2.35. The third-order valence-electron chi connectivity index (χ3n) is 4.10. The highest BCUT2D eigenvalue weighted by molar-refractivity contribution is 5.84. The molecule has 0 aliphatic rings. The normalized spacial score (nSPS) is 11.5. The fraction of sp³-hybridized carbons (Fsp3) is 0.211. The van der Waals surface area contributed by atoms with E-state index in [-0.39, 0.29) is 23.2 Å². The van der Waals surface area contributed by atoms with Gasteiger partial charge in [-0.15, -0.1) is 0 Å². The first-order valence-electron chi connectivity index (χ1n) is 8.59. The first-order chi connectivity index (χ1) is 13.5. The molecule has 1 aromatic carbocycles. The van der Waals surface area contributed by atoms with Crippen LogP contribution in [0, 0.1) is 11.3 Å². The molecule has 142 valence electrons. The molecule has 9 nitrogen and oxygen atoms in total. The first kappa shape index (κ1) is 18.8. The van der Waals surface area contributed by atoms with Gasteiger partial charge >= 0.3 is 0 Å². The third-order valence-corrected chi connectivity index (χ3v) is 4.10. The number of carbonyl (C=O) groups excluding carboxylic acids is 1. The average molecular weight is 377 g/mol. The molecule has 0 spiro atoms. The first-order valence-corrected chi connectivity index (χ1v) is 8.59. The van der Waals surface area contributed by atoms with Gasteiger partial charge in [0.2, 0.25) is 17.7 Å². The highest BCUT2D eigenvalue weighted by Crippen LogP contribution is 2.28. The number of nitrogens with two attached hydrogens (primary N) is 1. The Labute approximate surface area is 161 Å². The van der Waals surface area contributed by atoms with E-state index in [0.717, 1.165) is 10.9 Å². The molecule has 3 aromatic rings. The number of methoxy groups -OCH3 is 1. The molecular formula is C19H19N7O2. The van der Waals surface area contributed by atoms with E-state index in [9.17, 15) is 10.1 Å². The number of anilines is 3. The summed E-state index contributed by atoms with van der Waals surface area (Å²) < 4.78 is 5.22. The van der Waals surface area contributed by atoms with E-state index in [1.165, 1.54) is 7.11 Å². The minimum Gasteiger partial charge on any atom is -0.480 e. The SMILES string of the molecule is CC[C@@H](Nc1nc(Nc2ccc3ncccc3c2)c(C#N)c(OC)n1)C(N)=O. The van der Waals surface area contributed by atoms with Crippen LogP contribution in [0.1, 0.15) is 18.9 Å². The standard InChI is InChI=1S/C19H19N7O2/c1-3-14(16(21)27)24-19-25-17(13(10-20)18(26-19)28-2)23-12-6-7-15-11(9-12)5-4-8-22-15/h4-9,14H,3H2,1-2H3,(H2,21,27)(H2,23,24,25,26)/t14-/m1/s1. The van der Waals surface area contributed by atoms with Gasteiger partial charge < -0.3 is 21.1 Å². The molecule has 0 aliphatic heterocycles. The van der Waals surface area contributed by atoms with Gasteiger partial charge in [0.05, 0.1) is 12.6 Å². The Morgan fingerprint density at radius 3 is 2.86 bits per heavy atom. The minimum absolute atomic E-state index is 0.0873. The lowest BCUT2D eigenvalue weighted by atomic mass is 10.2. The van der Waals surface area contributed by atoms with E-state index in [4.69, 9.17) is 10.5 Å². The van der Waals surface area contributed by atoms with Crippen LogP contribution in [0.2, 0.25) is 0 Å². The van der Waals surface area contributed by atoms with Gasteiger partial charge in [-0.25, -0.2) is 0 Å². The van der Waals surface area contributed by atoms with Crippen molar-refractivity contribution in [3.8, 4) is 11.9 Å². The molecule has 4 N–H and O–H groups in total. The summed E-state index contributed by atoms with van der Waals surface area (Å²) in [5.74, 6) is -0.0545. The van der Waals surface area contributed by atoms with Crippen molar-refractivity contribution in [1.29, 1.82) is 5.26 Å². The van der Waals surface area contributed by atoms with Crippen LogP contribution < -0.4 is 21.1 Å². The number of nitrogens with one attached hydrogen (secondary N) is 2. The Kier molecular flexibility index (Phi) is 5.50. The van der Waals surface area contributed by atoms with Crippen LogP contribution in [-0.2, 0) is 4.79 Å². The summed E-state index contributed by atoms with van der Waals surface area (Å²) in [6.45, 7) is 1.81. The van der Waals surface area contributed by atoms with Crippen LogP contribution in [0.15, 0.2) is 36.5 Å². The molecule has 0 unspecified atom stereocenters.